The van der Waals surface area contributed by atoms with Crippen LogP contribution in [-0.2, 0) is 7.05 Å². The molecule has 1 aliphatic rings. The Morgan fingerprint density at radius 1 is 1.52 bits per heavy atom. The van der Waals surface area contributed by atoms with Gasteiger partial charge in [0.15, 0.2) is 0 Å². The van der Waals surface area contributed by atoms with E-state index in [0.29, 0.717) is 12.2 Å². The van der Waals surface area contributed by atoms with E-state index >= 15 is 0 Å². The van der Waals surface area contributed by atoms with E-state index in [1.54, 1.807) is 11.6 Å². The summed E-state index contributed by atoms with van der Waals surface area (Å²) in [5, 5.41) is 14.1. The summed E-state index contributed by atoms with van der Waals surface area (Å²) < 4.78 is 1.55. The highest BCUT2D eigenvalue weighted by Crippen LogP contribution is 2.20. The highest BCUT2D eigenvalue weighted by molar-refractivity contribution is 5.93. The van der Waals surface area contributed by atoms with Crippen LogP contribution >= 0.6 is 0 Å². The van der Waals surface area contributed by atoms with Crippen molar-refractivity contribution < 1.29 is 9.72 Å². The Kier molecular flexibility index (Phi) is 4.95. The van der Waals surface area contributed by atoms with Gasteiger partial charge in [0.05, 0.1) is 11.1 Å². The van der Waals surface area contributed by atoms with Gasteiger partial charge >= 0.3 is 0 Å². The zero-order chi connectivity index (χ0) is 15.4. The van der Waals surface area contributed by atoms with E-state index in [0.717, 1.165) is 32.4 Å². The lowest BCUT2D eigenvalue weighted by Crippen LogP contribution is -2.46. The molecule has 0 aromatic carbocycles. The number of carbonyl (C=O) groups is 1. The van der Waals surface area contributed by atoms with Crippen molar-refractivity contribution in [1.29, 1.82) is 0 Å². The van der Waals surface area contributed by atoms with Crippen LogP contribution in [0.25, 0.3) is 0 Å². The summed E-state index contributed by atoms with van der Waals surface area (Å²) in [5.41, 5.74) is 0.344. The molecule has 7 heteroatoms. The summed E-state index contributed by atoms with van der Waals surface area (Å²) in [6.45, 7) is 4.54. The number of rotatable bonds is 5. The molecule has 21 heavy (non-hydrogen) atoms. The third-order valence-electron chi connectivity index (χ3n) is 3.90. The number of nitro groups is 1. The molecular weight excluding hydrogens is 272 g/mol. The summed E-state index contributed by atoms with van der Waals surface area (Å²) in [4.78, 5) is 25.0. The van der Waals surface area contributed by atoms with Gasteiger partial charge in [0.2, 0.25) is 0 Å². The van der Waals surface area contributed by atoms with E-state index in [-0.39, 0.29) is 17.6 Å². The molecule has 1 amide bonds. The second kappa shape index (κ2) is 6.71. The molecule has 2 heterocycles. The average molecular weight is 294 g/mol. The first-order chi connectivity index (χ1) is 10.0. The van der Waals surface area contributed by atoms with Crippen LogP contribution in [0.1, 0.15) is 36.7 Å². The van der Waals surface area contributed by atoms with Gasteiger partial charge in [-0.15, -0.1) is 0 Å². The number of nitrogens with one attached hydrogen (secondary N) is 1. The predicted octanol–water partition coefficient (Wildman–Crippen LogP) is 1.54. The van der Waals surface area contributed by atoms with Crippen LogP contribution in [0.4, 0.5) is 5.69 Å². The van der Waals surface area contributed by atoms with Crippen molar-refractivity contribution in [2.45, 2.75) is 32.2 Å². The Labute approximate surface area is 124 Å². The molecule has 2 rings (SSSR count). The van der Waals surface area contributed by atoms with E-state index < -0.39 is 4.92 Å². The molecule has 1 aromatic heterocycles. The lowest BCUT2D eigenvalue weighted by atomic mass is 10.0. The molecule has 0 unspecified atom stereocenters. The lowest BCUT2D eigenvalue weighted by molar-refractivity contribution is -0.384. The predicted molar refractivity (Wildman–Crippen MR) is 79.3 cm³/mol. The maximum absolute atomic E-state index is 12.8. The zero-order valence-electron chi connectivity index (χ0n) is 12.5. The molecule has 1 saturated heterocycles. The van der Waals surface area contributed by atoms with Gasteiger partial charge in [0.1, 0.15) is 5.69 Å². The van der Waals surface area contributed by atoms with Crippen molar-refractivity contribution >= 4 is 11.6 Å². The maximum Gasteiger partial charge on any atom is 0.287 e. The number of nitrogens with zero attached hydrogens (tertiary/aromatic N) is 3. The van der Waals surface area contributed by atoms with Crippen molar-refractivity contribution in [3.05, 3.63) is 28.1 Å². The molecule has 0 bridgehead atoms. The number of aromatic nitrogens is 1. The molecular formula is C14H22N4O3. The Balaban J connectivity index is 2.23. The quantitative estimate of drug-likeness (QED) is 0.660. The third kappa shape index (κ3) is 3.41. The highest BCUT2D eigenvalue weighted by atomic mass is 16.6. The van der Waals surface area contributed by atoms with Crippen molar-refractivity contribution in [2.24, 2.45) is 7.05 Å². The van der Waals surface area contributed by atoms with Gasteiger partial charge in [-0.1, -0.05) is 6.92 Å². The maximum atomic E-state index is 12.8. The van der Waals surface area contributed by atoms with Gasteiger partial charge in [-0.2, -0.15) is 0 Å². The van der Waals surface area contributed by atoms with Crippen LogP contribution in [0.15, 0.2) is 12.3 Å². The number of aryl methyl sites for hydroxylation is 1. The molecule has 1 aromatic rings. The lowest BCUT2D eigenvalue weighted by Gasteiger charge is -2.34. The number of piperidine rings is 1. The number of hydrogen-bond donors (Lipinski definition) is 1. The molecule has 0 saturated carbocycles. The number of hydrogen-bond acceptors (Lipinski definition) is 4. The smallest absolute Gasteiger partial charge is 0.287 e. The average Bonchev–Trinajstić information content (AvgIpc) is 2.87. The first-order valence-corrected chi connectivity index (χ1v) is 7.37. The fourth-order valence-electron chi connectivity index (χ4n) is 2.82. The topological polar surface area (TPSA) is 80.4 Å². The van der Waals surface area contributed by atoms with Crippen LogP contribution in [0.5, 0.6) is 0 Å². The zero-order valence-corrected chi connectivity index (χ0v) is 12.5. The third-order valence-corrected chi connectivity index (χ3v) is 3.90. The molecule has 7 nitrogen and oxygen atoms in total. The Bertz CT molecular complexity index is 520. The summed E-state index contributed by atoms with van der Waals surface area (Å²) in [5.74, 6) is -0.112. The van der Waals surface area contributed by atoms with E-state index in [2.05, 4.69) is 5.32 Å². The summed E-state index contributed by atoms with van der Waals surface area (Å²) in [6.07, 6.45) is 4.12. The minimum Gasteiger partial charge on any atom is -0.340 e. The van der Waals surface area contributed by atoms with Crippen LogP contribution in [0, 0.1) is 10.1 Å². The first kappa shape index (κ1) is 15.5. The van der Waals surface area contributed by atoms with Gasteiger partial charge in [-0.25, -0.2) is 0 Å². The molecule has 116 valence electrons. The SMILES string of the molecule is CCCN(C(=O)c1cc([N+](=O)[O-])cn1C)C1CCNCC1. The number of carbonyl (C=O) groups excluding carboxylic acids is 1. The van der Waals surface area contributed by atoms with Crippen LogP contribution in [-0.4, -0.2) is 46.0 Å². The van der Waals surface area contributed by atoms with Crippen molar-refractivity contribution in [1.82, 2.24) is 14.8 Å². The Morgan fingerprint density at radius 3 is 2.71 bits per heavy atom. The van der Waals surface area contributed by atoms with Crippen molar-refractivity contribution in [2.75, 3.05) is 19.6 Å². The minimum atomic E-state index is -0.467. The normalized spacial score (nSPS) is 15.9. The molecule has 0 radical (unpaired) electrons. The molecule has 0 spiro atoms. The summed E-state index contributed by atoms with van der Waals surface area (Å²) in [6, 6.07) is 1.58. The van der Waals surface area contributed by atoms with Crippen LogP contribution in [0.2, 0.25) is 0 Å². The second-order valence-electron chi connectivity index (χ2n) is 5.43. The van der Waals surface area contributed by atoms with E-state index in [4.69, 9.17) is 0 Å². The first-order valence-electron chi connectivity index (χ1n) is 7.37. The standard InChI is InChI=1S/C14H22N4O3/c1-3-8-17(11-4-6-15-7-5-11)14(19)13-9-12(18(20)21)10-16(13)2/h9-11,15H,3-8H2,1-2H3. The Hall–Kier alpha value is -1.89. The van der Waals surface area contributed by atoms with Crippen LogP contribution < -0.4 is 5.32 Å². The fourth-order valence-corrected chi connectivity index (χ4v) is 2.82. The molecule has 1 N–H and O–H groups in total. The van der Waals surface area contributed by atoms with Gasteiger partial charge in [-0.05, 0) is 32.4 Å². The monoisotopic (exact) mass is 294 g/mol. The second-order valence-corrected chi connectivity index (χ2v) is 5.43. The largest absolute Gasteiger partial charge is 0.340 e. The van der Waals surface area contributed by atoms with Crippen molar-refractivity contribution in [3.63, 3.8) is 0 Å². The van der Waals surface area contributed by atoms with Crippen molar-refractivity contribution in [3.8, 4) is 0 Å². The summed E-state index contributed by atoms with van der Waals surface area (Å²) in [7, 11) is 1.67. The fraction of sp³-hybridized carbons (Fsp3) is 0.643. The molecule has 0 atom stereocenters. The Morgan fingerprint density at radius 2 is 2.19 bits per heavy atom. The van der Waals surface area contributed by atoms with Gasteiger partial charge in [0.25, 0.3) is 11.6 Å². The van der Waals surface area contributed by atoms with E-state index in [1.165, 1.54) is 12.3 Å². The van der Waals surface area contributed by atoms with Gasteiger partial charge in [-0.3, -0.25) is 14.9 Å². The minimum absolute atomic E-state index is 0.0393. The highest BCUT2D eigenvalue weighted by Gasteiger charge is 2.28. The van der Waals surface area contributed by atoms with Crippen LogP contribution in [0.3, 0.4) is 0 Å². The van der Waals surface area contributed by atoms with Gasteiger partial charge < -0.3 is 14.8 Å². The van der Waals surface area contributed by atoms with Gasteiger partial charge in [0, 0.05) is 25.7 Å². The number of amides is 1. The molecule has 1 fully saturated rings. The van der Waals surface area contributed by atoms with E-state index in [1.807, 2.05) is 11.8 Å². The molecule has 0 aliphatic carbocycles. The summed E-state index contributed by atoms with van der Waals surface area (Å²) >= 11 is 0. The van der Waals surface area contributed by atoms with E-state index in [9.17, 15) is 14.9 Å². The molecule has 1 aliphatic heterocycles.